The van der Waals surface area contributed by atoms with Gasteiger partial charge in [0, 0.05) is 24.7 Å². The predicted molar refractivity (Wildman–Crippen MR) is 103 cm³/mol. The third kappa shape index (κ3) is 4.21. The van der Waals surface area contributed by atoms with Crippen molar-refractivity contribution in [3.63, 3.8) is 0 Å². The molecule has 1 aliphatic heterocycles. The van der Waals surface area contributed by atoms with Gasteiger partial charge in [-0.15, -0.1) is 11.3 Å². The molecule has 0 radical (unpaired) electrons. The van der Waals surface area contributed by atoms with Crippen molar-refractivity contribution in [1.82, 2.24) is 15.2 Å². The fraction of sp³-hybridized carbons (Fsp3) is 0.600. The summed E-state index contributed by atoms with van der Waals surface area (Å²) in [5.74, 6) is 0.912. The topological polar surface area (TPSA) is 45.2 Å². The molecule has 0 spiro atoms. The molecule has 4 nitrogen and oxygen atoms in total. The molecule has 1 aliphatic carbocycles. The summed E-state index contributed by atoms with van der Waals surface area (Å²) in [7, 11) is 0. The molecule has 1 saturated carbocycles. The largest absolute Gasteiger partial charge is 0.348 e. The van der Waals surface area contributed by atoms with Crippen LogP contribution in [0.5, 0.6) is 0 Å². The van der Waals surface area contributed by atoms with Gasteiger partial charge in [0.15, 0.2) is 0 Å². The van der Waals surface area contributed by atoms with Gasteiger partial charge in [-0.3, -0.25) is 4.79 Å². The first-order valence-corrected chi connectivity index (χ1v) is 10.5. The van der Waals surface area contributed by atoms with E-state index in [9.17, 15) is 4.79 Å². The number of benzene rings is 1. The van der Waals surface area contributed by atoms with Gasteiger partial charge in [-0.05, 0) is 56.3 Å². The second-order valence-electron chi connectivity index (χ2n) is 7.61. The molecule has 1 N–H and O–H groups in total. The highest BCUT2D eigenvalue weighted by molar-refractivity contribution is 7.16. The molecule has 1 atom stereocenters. The van der Waals surface area contributed by atoms with Crippen molar-refractivity contribution >= 4 is 27.5 Å². The SMILES string of the molecule is O=C(N[C@H]1CCCN(CC2CCCCC2)C1)c1ccc2scnc2c1. The highest BCUT2D eigenvalue weighted by Gasteiger charge is 2.24. The summed E-state index contributed by atoms with van der Waals surface area (Å²) in [6.45, 7) is 3.41. The second-order valence-corrected chi connectivity index (χ2v) is 8.50. The number of amides is 1. The minimum absolute atomic E-state index is 0.0411. The monoisotopic (exact) mass is 357 g/mol. The zero-order valence-electron chi connectivity index (χ0n) is 14.7. The van der Waals surface area contributed by atoms with Gasteiger partial charge in [0.1, 0.15) is 0 Å². The van der Waals surface area contributed by atoms with Crippen LogP contribution in [0.15, 0.2) is 23.7 Å². The van der Waals surface area contributed by atoms with Gasteiger partial charge in [-0.2, -0.15) is 0 Å². The summed E-state index contributed by atoms with van der Waals surface area (Å²) in [6.07, 6.45) is 9.27. The number of rotatable bonds is 4. The lowest BCUT2D eigenvalue weighted by molar-refractivity contribution is 0.0890. The van der Waals surface area contributed by atoms with Crippen molar-refractivity contribution in [2.45, 2.75) is 51.0 Å². The first kappa shape index (κ1) is 17.0. The lowest BCUT2D eigenvalue weighted by Gasteiger charge is -2.36. The molecule has 5 heteroatoms. The number of aromatic nitrogens is 1. The molecule has 1 aromatic heterocycles. The number of likely N-dealkylation sites (tertiary alicyclic amines) is 1. The molecule has 2 fully saturated rings. The van der Waals surface area contributed by atoms with Gasteiger partial charge < -0.3 is 10.2 Å². The summed E-state index contributed by atoms with van der Waals surface area (Å²) in [5.41, 5.74) is 3.47. The standard InChI is InChI=1S/C20H27N3OS/c24-20(16-8-9-19-18(11-16)21-14-25-19)22-17-7-4-10-23(13-17)12-15-5-2-1-3-6-15/h8-9,11,14-15,17H,1-7,10,12-13H2,(H,22,24)/t17-/m0/s1. The van der Waals surface area contributed by atoms with Crippen molar-refractivity contribution in [2.75, 3.05) is 19.6 Å². The summed E-state index contributed by atoms with van der Waals surface area (Å²) in [6, 6.07) is 6.09. The molecular formula is C20H27N3OS. The third-order valence-corrected chi connectivity index (χ3v) is 6.48. The average Bonchev–Trinajstić information content (AvgIpc) is 3.10. The summed E-state index contributed by atoms with van der Waals surface area (Å²) in [4.78, 5) is 19.5. The normalized spacial score (nSPS) is 23.0. The number of thiazole rings is 1. The number of carbonyl (C=O) groups is 1. The van der Waals surface area contributed by atoms with Crippen molar-refractivity contribution in [2.24, 2.45) is 5.92 Å². The Bertz CT molecular complexity index is 723. The van der Waals surface area contributed by atoms with Crippen LogP contribution in [-0.4, -0.2) is 41.5 Å². The summed E-state index contributed by atoms with van der Waals surface area (Å²) < 4.78 is 1.13. The number of nitrogens with one attached hydrogen (secondary N) is 1. The highest BCUT2D eigenvalue weighted by Crippen LogP contribution is 2.25. The van der Waals surface area contributed by atoms with Crippen molar-refractivity contribution < 1.29 is 4.79 Å². The van der Waals surface area contributed by atoms with E-state index in [1.807, 2.05) is 23.7 Å². The Labute approximate surface area is 153 Å². The molecule has 1 amide bonds. The van der Waals surface area contributed by atoms with E-state index in [1.54, 1.807) is 11.3 Å². The van der Waals surface area contributed by atoms with Crippen LogP contribution in [0.4, 0.5) is 0 Å². The van der Waals surface area contributed by atoms with Crippen LogP contribution in [0, 0.1) is 5.92 Å². The van der Waals surface area contributed by atoms with Gasteiger partial charge in [-0.25, -0.2) is 4.98 Å². The van der Waals surface area contributed by atoms with E-state index >= 15 is 0 Å². The van der Waals surface area contributed by atoms with E-state index in [4.69, 9.17) is 0 Å². The number of hydrogen-bond acceptors (Lipinski definition) is 4. The van der Waals surface area contributed by atoms with Crippen LogP contribution in [0.25, 0.3) is 10.2 Å². The van der Waals surface area contributed by atoms with Gasteiger partial charge in [0.2, 0.25) is 0 Å². The van der Waals surface area contributed by atoms with Gasteiger partial charge in [0.25, 0.3) is 5.91 Å². The van der Waals surface area contributed by atoms with E-state index in [0.29, 0.717) is 0 Å². The quantitative estimate of drug-likeness (QED) is 0.897. The smallest absolute Gasteiger partial charge is 0.251 e. The van der Waals surface area contributed by atoms with Crippen LogP contribution >= 0.6 is 11.3 Å². The maximum Gasteiger partial charge on any atom is 0.251 e. The van der Waals surface area contributed by atoms with Crippen LogP contribution in [0.1, 0.15) is 55.3 Å². The number of carbonyl (C=O) groups excluding carboxylic acids is 1. The zero-order valence-corrected chi connectivity index (χ0v) is 15.6. The Kier molecular flexibility index (Phi) is 5.32. The average molecular weight is 358 g/mol. The van der Waals surface area contributed by atoms with E-state index in [2.05, 4.69) is 15.2 Å². The Morgan fingerprint density at radius 1 is 1.20 bits per heavy atom. The fourth-order valence-corrected chi connectivity index (χ4v) is 5.00. The van der Waals surface area contributed by atoms with E-state index in [1.165, 1.54) is 51.6 Å². The number of hydrogen-bond donors (Lipinski definition) is 1. The Morgan fingerprint density at radius 2 is 2.08 bits per heavy atom. The Morgan fingerprint density at radius 3 is 2.96 bits per heavy atom. The van der Waals surface area contributed by atoms with Crippen LogP contribution in [0.3, 0.4) is 0 Å². The van der Waals surface area contributed by atoms with Crippen molar-refractivity contribution in [3.05, 3.63) is 29.3 Å². The highest BCUT2D eigenvalue weighted by atomic mass is 32.1. The summed E-state index contributed by atoms with van der Waals surface area (Å²) >= 11 is 1.61. The molecule has 0 unspecified atom stereocenters. The van der Waals surface area contributed by atoms with Gasteiger partial charge in [0.05, 0.1) is 15.7 Å². The summed E-state index contributed by atoms with van der Waals surface area (Å²) in [5, 5.41) is 3.25. The fourth-order valence-electron chi connectivity index (χ4n) is 4.34. The molecule has 0 bridgehead atoms. The molecule has 1 aromatic carbocycles. The van der Waals surface area contributed by atoms with Gasteiger partial charge in [-0.1, -0.05) is 19.3 Å². The molecule has 1 saturated heterocycles. The third-order valence-electron chi connectivity index (χ3n) is 5.67. The molecule has 2 heterocycles. The first-order valence-electron chi connectivity index (χ1n) is 9.64. The Balaban J connectivity index is 1.33. The van der Waals surface area contributed by atoms with Crippen LogP contribution < -0.4 is 5.32 Å². The number of fused-ring (bicyclic) bond motifs is 1. The molecule has 25 heavy (non-hydrogen) atoms. The number of nitrogens with zero attached hydrogens (tertiary/aromatic N) is 2. The molecular weight excluding hydrogens is 330 g/mol. The molecule has 4 rings (SSSR count). The molecule has 2 aliphatic rings. The first-order chi connectivity index (χ1) is 12.3. The molecule has 2 aromatic rings. The van der Waals surface area contributed by atoms with Crippen LogP contribution in [-0.2, 0) is 0 Å². The lowest BCUT2D eigenvalue weighted by Crippen LogP contribution is -2.48. The minimum atomic E-state index is 0.0411. The van der Waals surface area contributed by atoms with E-state index in [-0.39, 0.29) is 11.9 Å². The van der Waals surface area contributed by atoms with E-state index in [0.717, 1.165) is 34.7 Å². The maximum absolute atomic E-state index is 12.6. The Hall–Kier alpha value is -1.46. The van der Waals surface area contributed by atoms with E-state index < -0.39 is 0 Å². The molecule has 134 valence electrons. The second kappa shape index (κ2) is 7.83. The lowest BCUT2D eigenvalue weighted by atomic mass is 9.88. The van der Waals surface area contributed by atoms with Gasteiger partial charge >= 0.3 is 0 Å². The minimum Gasteiger partial charge on any atom is -0.348 e. The number of piperidine rings is 1. The predicted octanol–water partition coefficient (Wildman–Crippen LogP) is 4.07. The van der Waals surface area contributed by atoms with Crippen molar-refractivity contribution in [3.8, 4) is 0 Å². The van der Waals surface area contributed by atoms with Crippen molar-refractivity contribution in [1.29, 1.82) is 0 Å². The maximum atomic E-state index is 12.6. The zero-order chi connectivity index (χ0) is 17.1. The van der Waals surface area contributed by atoms with Crippen LogP contribution in [0.2, 0.25) is 0 Å².